The van der Waals surface area contributed by atoms with Gasteiger partial charge in [0.2, 0.25) is 0 Å². The van der Waals surface area contributed by atoms with E-state index in [0.29, 0.717) is 0 Å². The molecule has 0 spiro atoms. The maximum absolute atomic E-state index is 12.6. The summed E-state index contributed by atoms with van der Waals surface area (Å²) < 4.78 is 5.74. The predicted octanol–water partition coefficient (Wildman–Crippen LogP) is 3.00. The van der Waals surface area contributed by atoms with E-state index in [4.69, 9.17) is 4.74 Å². The lowest BCUT2D eigenvalue weighted by molar-refractivity contribution is -0.140. The fourth-order valence-corrected chi connectivity index (χ4v) is 4.07. The van der Waals surface area contributed by atoms with Crippen LogP contribution in [0.5, 0.6) is 5.75 Å². The highest BCUT2D eigenvalue weighted by atomic mass is 16.5. The zero-order chi connectivity index (χ0) is 17.6. The van der Waals surface area contributed by atoms with E-state index in [9.17, 15) is 9.59 Å². The standard InChI is InChI=1S/C20H22N2O3/c1-3-12(2)25-16-8-4-13(5-9-16)11-21-22-19(23)17-14-6-7-15(10-14)18(17)20(22)24/h4-9,11-12,14-15,17-18H,3,10H2,1-2H3/t12-,14-,15-,17-,18+/m0/s1. The van der Waals surface area contributed by atoms with Gasteiger partial charge >= 0.3 is 0 Å². The van der Waals surface area contributed by atoms with Crippen LogP contribution in [0.3, 0.4) is 0 Å². The molecule has 1 heterocycles. The van der Waals surface area contributed by atoms with Gasteiger partial charge in [0.1, 0.15) is 5.75 Å². The van der Waals surface area contributed by atoms with Gasteiger partial charge in [-0.2, -0.15) is 10.1 Å². The lowest BCUT2D eigenvalue weighted by atomic mass is 9.85. The molecule has 0 aromatic heterocycles. The summed E-state index contributed by atoms with van der Waals surface area (Å²) in [6.45, 7) is 4.10. The minimum Gasteiger partial charge on any atom is -0.491 e. The van der Waals surface area contributed by atoms with Crippen molar-refractivity contribution in [3.63, 3.8) is 0 Å². The normalized spacial score (nSPS) is 31.2. The zero-order valence-corrected chi connectivity index (χ0v) is 14.5. The molecule has 3 aliphatic rings. The van der Waals surface area contributed by atoms with Gasteiger partial charge in [0, 0.05) is 0 Å². The highest BCUT2D eigenvalue weighted by Gasteiger charge is 2.59. The Morgan fingerprint density at radius 3 is 2.32 bits per heavy atom. The Balaban J connectivity index is 1.46. The molecule has 25 heavy (non-hydrogen) atoms. The van der Waals surface area contributed by atoms with E-state index >= 15 is 0 Å². The molecule has 0 radical (unpaired) electrons. The Bertz CT molecular complexity index is 723. The van der Waals surface area contributed by atoms with Crippen LogP contribution in [-0.2, 0) is 9.59 Å². The van der Waals surface area contributed by atoms with Crippen molar-refractivity contribution < 1.29 is 14.3 Å². The second-order valence-electron chi connectivity index (χ2n) is 7.14. The van der Waals surface area contributed by atoms with Crippen LogP contribution >= 0.6 is 0 Å². The van der Waals surface area contributed by atoms with Crippen LogP contribution in [0, 0.1) is 23.7 Å². The molecule has 1 aromatic rings. The Morgan fingerprint density at radius 1 is 1.16 bits per heavy atom. The molecule has 1 saturated heterocycles. The van der Waals surface area contributed by atoms with Crippen molar-refractivity contribution in [2.24, 2.45) is 28.8 Å². The summed E-state index contributed by atoms with van der Waals surface area (Å²) in [6, 6.07) is 7.50. The van der Waals surface area contributed by atoms with Gasteiger partial charge in [-0.25, -0.2) is 0 Å². The summed E-state index contributed by atoms with van der Waals surface area (Å²) in [6.07, 6.45) is 7.78. The number of carbonyl (C=O) groups excluding carboxylic acids is 2. The maximum atomic E-state index is 12.6. The molecule has 0 N–H and O–H groups in total. The minimum absolute atomic E-state index is 0.153. The first kappa shape index (κ1) is 16.1. The summed E-state index contributed by atoms with van der Waals surface area (Å²) >= 11 is 0. The number of ether oxygens (including phenoxy) is 1. The van der Waals surface area contributed by atoms with Crippen molar-refractivity contribution in [1.82, 2.24) is 5.01 Å². The first-order valence-corrected chi connectivity index (χ1v) is 8.95. The number of hydrogen-bond donors (Lipinski definition) is 0. The quantitative estimate of drug-likeness (QED) is 0.471. The molecule has 2 bridgehead atoms. The number of hydrogen-bond acceptors (Lipinski definition) is 4. The Morgan fingerprint density at radius 2 is 1.76 bits per heavy atom. The average molecular weight is 338 g/mol. The molecular weight excluding hydrogens is 316 g/mol. The van der Waals surface area contributed by atoms with E-state index in [1.165, 1.54) is 0 Å². The Kier molecular flexibility index (Phi) is 3.94. The molecule has 5 nitrogen and oxygen atoms in total. The van der Waals surface area contributed by atoms with E-state index in [1.807, 2.05) is 31.2 Å². The SMILES string of the molecule is CC[C@H](C)Oc1ccc(C=NN2C(=O)[C@@H]3[C@H](C2=O)[C@H]2C=C[C@H]3C2)cc1. The van der Waals surface area contributed by atoms with Crippen LogP contribution in [0.25, 0.3) is 0 Å². The minimum atomic E-state index is -0.203. The highest BCUT2D eigenvalue weighted by Crippen LogP contribution is 2.52. The van der Waals surface area contributed by atoms with Crippen molar-refractivity contribution >= 4 is 18.0 Å². The van der Waals surface area contributed by atoms with Gasteiger partial charge in [-0.3, -0.25) is 9.59 Å². The molecule has 5 atom stereocenters. The number of carbonyl (C=O) groups is 2. The number of rotatable bonds is 5. The fourth-order valence-electron chi connectivity index (χ4n) is 4.07. The van der Waals surface area contributed by atoms with Crippen molar-refractivity contribution in [1.29, 1.82) is 0 Å². The number of benzene rings is 1. The zero-order valence-electron chi connectivity index (χ0n) is 14.5. The maximum Gasteiger partial charge on any atom is 0.254 e. The van der Waals surface area contributed by atoms with E-state index in [2.05, 4.69) is 24.2 Å². The summed E-state index contributed by atoms with van der Waals surface area (Å²) in [5.74, 6) is 0.515. The third-order valence-corrected chi connectivity index (χ3v) is 5.56. The van der Waals surface area contributed by atoms with Gasteiger partial charge in [0.15, 0.2) is 0 Å². The summed E-state index contributed by atoms with van der Waals surface area (Å²) in [5, 5.41) is 5.26. The smallest absolute Gasteiger partial charge is 0.254 e. The molecule has 0 unspecified atom stereocenters. The molecule has 5 heteroatoms. The molecule has 2 amide bonds. The van der Waals surface area contributed by atoms with Crippen LogP contribution < -0.4 is 4.74 Å². The van der Waals surface area contributed by atoms with Crippen LogP contribution in [0.1, 0.15) is 32.3 Å². The van der Waals surface area contributed by atoms with Crippen molar-refractivity contribution in [3.05, 3.63) is 42.0 Å². The molecule has 1 aromatic carbocycles. The third kappa shape index (κ3) is 2.68. The molecular formula is C20H22N2O3. The third-order valence-electron chi connectivity index (χ3n) is 5.56. The number of allylic oxidation sites excluding steroid dienone is 2. The summed E-state index contributed by atoms with van der Waals surface area (Å²) in [5.41, 5.74) is 0.829. The van der Waals surface area contributed by atoms with Crippen molar-refractivity contribution in [2.75, 3.05) is 0 Å². The Labute approximate surface area is 147 Å². The van der Waals surface area contributed by atoms with E-state index in [1.54, 1.807) is 6.21 Å². The lowest BCUT2D eigenvalue weighted by Gasteiger charge is -2.13. The van der Waals surface area contributed by atoms with Crippen LogP contribution in [-0.4, -0.2) is 29.1 Å². The fraction of sp³-hybridized carbons (Fsp3) is 0.450. The van der Waals surface area contributed by atoms with Crippen LogP contribution in [0.2, 0.25) is 0 Å². The molecule has 1 aliphatic heterocycles. The van der Waals surface area contributed by atoms with Gasteiger partial charge in [-0.1, -0.05) is 19.1 Å². The van der Waals surface area contributed by atoms with Gasteiger partial charge in [0.25, 0.3) is 11.8 Å². The number of imide groups is 1. The first-order valence-electron chi connectivity index (χ1n) is 8.95. The number of nitrogens with zero attached hydrogens (tertiary/aromatic N) is 2. The number of fused-ring (bicyclic) bond motifs is 5. The van der Waals surface area contributed by atoms with Crippen LogP contribution in [0.4, 0.5) is 0 Å². The van der Waals surface area contributed by atoms with Gasteiger partial charge in [-0.15, -0.1) is 0 Å². The van der Waals surface area contributed by atoms with Gasteiger partial charge < -0.3 is 4.74 Å². The summed E-state index contributed by atoms with van der Waals surface area (Å²) in [7, 11) is 0. The molecule has 2 aliphatic carbocycles. The Hall–Kier alpha value is -2.43. The predicted molar refractivity (Wildman–Crippen MR) is 94.0 cm³/mol. The van der Waals surface area contributed by atoms with Crippen LogP contribution in [0.15, 0.2) is 41.5 Å². The molecule has 4 rings (SSSR count). The van der Waals surface area contributed by atoms with E-state index in [0.717, 1.165) is 29.2 Å². The van der Waals surface area contributed by atoms with E-state index < -0.39 is 0 Å². The largest absolute Gasteiger partial charge is 0.491 e. The highest BCUT2D eigenvalue weighted by molar-refractivity contribution is 6.06. The average Bonchev–Trinajstić information content (AvgIpc) is 3.29. The van der Waals surface area contributed by atoms with Crippen molar-refractivity contribution in [3.8, 4) is 5.75 Å². The first-order chi connectivity index (χ1) is 12.1. The lowest BCUT2D eigenvalue weighted by Crippen LogP contribution is -2.28. The topological polar surface area (TPSA) is 59.0 Å². The van der Waals surface area contributed by atoms with E-state index in [-0.39, 0.29) is 41.6 Å². The summed E-state index contributed by atoms with van der Waals surface area (Å²) in [4.78, 5) is 25.1. The van der Waals surface area contributed by atoms with Crippen molar-refractivity contribution in [2.45, 2.75) is 32.8 Å². The molecule has 130 valence electrons. The van der Waals surface area contributed by atoms with Gasteiger partial charge in [-0.05, 0) is 61.4 Å². The number of amides is 2. The second kappa shape index (κ2) is 6.14. The monoisotopic (exact) mass is 338 g/mol. The molecule has 1 saturated carbocycles. The molecule has 2 fully saturated rings. The van der Waals surface area contributed by atoms with Gasteiger partial charge in [0.05, 0.1) is 24.2 Å². The number of hydrazone groups is 1. The second-order valence-corrected chi connectivity index (χ2v) is 7.14.